The number of H-pyrrole nitrogens is 1. The highest BCUT2D eigenvalue weighted by Gasteiger charge is 2.31. The molecule has 0 unspecified atom stereocenters. The third-order valence-electron chi connectivity index (χ3n) is 3.03. The van der Waals surface area contributed by atoms with Gasteiger partial charge in [-0.3, -0.25) is 4.98 Å². The first kappa shape index (κ1) is 17.3. The molecule has 0 saturated carbocycles. The van der Waals surface area contributed by atoms with Gasteiger partial charge in [-0.25, -0.2) is 4.98 Å². The van der Waals surface area contributed by atoms with Gasteiger partial charge in [-0.05, 0) is 46.5 Å². The van der Waals surface area contributed by atoms with E-state index in [1.54, 1.807) is 18.0 Å². The fourth-order valence-corrected chi connectivity index (χ4v) is 3.63. The summed E-state index contributed by atoms with van der Waals surface area (Å²) in [6.07, 6.45) is -3.00. The van der Waals surface area contributed by atoms with Crippen molar-refractivity contribution in [2.75, 3.05) is 5.75 Å². The third-order valence-corrected chi connectivity index (χ3v) is 4.53. The fraction of sp³-hybridized carbons (Fsp3) is 0.200. The molecule has 1 aromatic carbocycles. The number of nitrogens with one attached hydrogen (secondary N) is 1. The molecule has 0 aliphatic rings. The summed E-state index contributed by atoms with van der Waals surface area (Å²) in [5.41, 5.74) is 1.68. The van der Waals surface area contributed by atoms with Gasteiger partial charge in [0.05, 0.1) is 11.0 Å². The van der Waals surface area contributed by atoms with Crippen molar-refractivity contribution in [3.8, 4) is 17.3 Å². The smallest absolute Gasteiger partial charge is 0.406 e. The van der Waals surface area contributed by atoms with Gasteiger partial charge in [0.2, 0.25) is 0 Å². The summed E-state index contributed by atoms with van der Waals surface area (Å²) < 4.78 is 41.9. The minimum absolute atomic E-state index is 0.299. The lowest BCUT2D eigenvalue weighted by atomic mass is 10.3. The highest BCUT2D eigenvalue weighted by atomic mass is 127. The molecule has 3 aromatic rings. The summed E-state index contributed by atoms with van der Waals surface area (Å²) >= 11 is 3.81. The lowest BCUT2D eigenvalue weighted by molar-refractivity contribution is -0.274. The van der Waals surface area contributed by atoms with E-state index >= 15 is 0 Å². The van der Waals surface area contributed by atoms with E-state index in [4.69, 9.17) is 0 Å². The van der Waals surface area contributed by atoms with E-state index in [0.29, 0.717) is 22.6 Å². The molecule has 2 aromatic heterocycles. The predicted molar refractivity (Wildman–Crippen MR) is 95.1 cm³/mol. The van der Waals surface area contributed by atoms with Crippen molar-refractivity contribution in [3.63, 3.8) is 0 Å². The average Bonchev–Trinajstić information content (AvgIpc) is 2.89. The molecule has 0 radical (unpaired) electrons. The van der Waals surface area contributed by atoms with Gasteiger partial charge >= 0.3 is 6.36 Å². The van der Waals surface area contributed by atoms with E-state index in [-0.39, 0.29) is 5.75 Å². The Morgan fingerprint density at radius 2 is 2.08 bits per heavy atom. The van der Waals surface area contributed by atoms with Crippen LogP contribution in [-0.4, -0.2) is 27.1 Å². The maximum Gasteiger partial charge on any atom is 0.573 e. The summed E-state index contributed by atoms with van der Waals surface area (Å²) in [5, 5.41) is 0. The van der Waals surface area contributed by atoms with Crippen molar-refractivity contribution in [1.82, 2.24) is 15.0 Å². The molecule has 1 N–H and O–H groups in total. The van der Waals surface area contributed by atoms with Crippen molar-refractivity contribution < 1.29 is 17.9 Å². The minimum atomic E-state index is -4.73. The maximum atomic E-state index is 12.3. The monoisotopic (exact) mass is 465 g/mol. The maximum absolute atomic E-state index is 12.3. The normalized spacial score (nSPS) is 11.9. The van der Waals surface area contributed by atoms with Crippen LogP contribution in [0.4, 0.5) is 13.2 Å². The number of pyridine rings is 1. The molecule has 3 rings (SSSR count). The molecule has 0 aliphatic carbocycles. The Morgan fingerprint density at radius 1 is 1.29 bits per heavy atom. The zero-order valence-electron chi connectivity index (χ0n) is 12.3. The van der Waals surface area contributed by atoms with E-state index in [1.807, 2.05) is 13.0 Å². The number of aromatic amines is 1. The average molecular weight is 465 g/mol. The fourth-order valence-electron chi connectivity index (χ4n) is 2.16. The number of thioether (sulfide) groups is 1. The first-order valence-electron chi connectivity index (χ1n) is 6.90. The largest absolute Gasteiger partial charge is 0.573 e. The second-order valence-corrected chi connectivity index (χ2v) is 7.30. The number of hydrogen-bond donors (Lipinski definition) is 1. The zero-order chi connectivity index (χ0) is 17.3. The summed E-state index contributed by atoms with van der Waals surface area (Å²) in [6, 6.07) is 6.01. The lowest BCUT2D eigenvalue weighted by Crippen LogP contribution is -2.16. The topological polar surface area (TPSA) is 50.8 Å². The van der Waals surface area contributed by atoms with Crippen LogP contribution in [0, 0.1) is 3.57 Å². The molecule has 0 atom stereocenters. The second kappa shape index (κ2) is 6.79. The quantitative estimate of drug-likeness (QED) is 0.423. The molecule has 0 fully saturated rings. The van der Waals surface area contributed by atoms with Gasteiger partial charge in [0.25, 0.3) is 0 Å². The number of halogens is 4. The Hall–Kier alpha value is -1.49. The van der Waals surface area contributed by atoms with Crippen LogP contribution >= 0.6 is 34.4 Å². The van der Waals surface area contributed by atoms with Crippen molar-refractivity contribution in [1.29, 1.82) is 0 Å². The molecule has 0 bridgehead atoms. The Morgan fingerprint density at radius 3 is 2.79 bits per heavy atom. The molecular formula is C15H11F3IN3OS. The molecule has 0 aliphatic heterocycles. The van der Waals surface area contributed by atoms with Crippen molar-refractivity contribution in [2.45, 2.75) is 18.2 Å². The van der Waals surface area contributed by atoms with Gasteiger partial charge in [-0.1, -0.05) is 6.92 Å². The van der Waals surface area contributed by atoms with Crippen LogP contribution in [-0.2, 0) is 0 Å². The molecule has 9 heteroatoms. The molecule has 24 heavy (non-hydrogen) atoms. The Balaban J connectivity index is 2.02. The van der Waals surface area contributed by atoms with Gasteiger partial charge in [-0.2, -0.15) is 0 Å². The molecule has 0 saturated heterocycles. The van der Waals surface area contributed by atoms with Crippen LogP contribution in [0.5, 0.6) is 5.75 Å². The summed E-state index contributed by atoms with van der Waals surface area (Å²) in [4.78, 5) is 12.8. The van der Waals surface area contributed by atoms with E-state index < -0.39 is 6.36 Å². The Labute approximate surface area is 153 Å². The molecule has 4 nitrogen and oxygen atoms in total. The van der Waals surface area contributed by atoms with Gasteiger partial charge in [0.15, 0.2) is 5.82 Å². The van der Waals surface area contributed by atoms with Crippen LogP contribution in [0.15, 0.2) is 35.4 Å². The summed E-state index contributed by atoms with van der Waals surface area (Å²) in [6.45, 7) is 2.04. The van der Waals surface area contributed by atoms with E-state index in [1.165, 1.54) is 18.2 Å². The van der Waals surface area contributed by atoms with Gasteiger partial charge in [0.1, 0.15) is 11.4 Å². The van der Waals surface area contributed by atoms with Crippen LogP contribution < -0.4 is 4.74 Å². The van der Waals surface area contributed by atoms with Crippen LogP contribution in [0.3, 0.4) is 0 Å². The molecule has 126 valence electrons. The lowest BCUT2D eigenvalue weighted by Gasteiger charge is -2.07. The summed E-state index contributed by atoms with van der Waals surface area (Å²) in [7, 11) is 0. The van der Waals surface area contributed by atoms with Crippen LogP contribution in [0.25, 0.3) is 22.6 Å². The first-order valence-corrected chi connectivity index (χ1v) is 8.96. The number of nitrogens with zero attached hydrogens (tertiary/aromatic N) is 2. The summed E-state index contributed by atoms with van der Waals surface area (Å²) in [5.74, 6) is 1.09. The van der Waals surface area contributed by atoms with Crippen molar-refractivity contribution >= 4 is 45.4 Å². The molecule has 2 heterocycles. The van der Waals surface area contributed by atoms with Crippen molar-refractivity contribution in [2.24, 2.45) is 0 Å². The van der Waals surface area contributed by atoms with Crippen LogP contribution in [0.2, 0.25) is 0 Å². The Kier molecular flexibility index (Phi) is 4.90. The first-order chi connectivity index (χ1) is 11.4. The number of fused-ring (bicyclic) bond motifs is 1. The minimum Gasteiger partial charge on any atom is -0.406 e. The highest BCUT2D eigenvalue weighted by molar-refractivity contribution is 14.1. The molecule has 0 amide bonds. The Bertz CT molecular complexity index is 882. The number of imidazole rings is 1. The number of benzene rings is 1. The van der Waals surface area contributed by atoms with Gasteiger partial charge in [0, 0.05) is 20.7 Å². The highest BCUT2D eigenvalue weighted by Crippen LogP contribution is 2.32. The van der Waals surface area contributed by atoms with Gasteiger partial charge < -0.3 is 9.72 Å². The van der Waals surface area contributed by atoms with E-state index in [2.05, 4.69) is 42.3 Å². The number of aromatic nitrogens is 3. The standard InChI is InChI=1S/C15H11F3IN3OS/c1-2-24-12-5-8(19)7-20-13(12)14-21-10-4-3-9(6-11(10)22-14)23-15(16,17)18/h3-7H,2H2,1H3,(H,21,22). The number of ether oxygens (including phenoxy) is 1. The van der Waals surface area contributed by atoms with Crippen LogP contribution in [0.1, 0.15) is 6.92 Å². The predicted octanol–water partition coefficient (Wildman–Crippen LogP) is 5.24. The number of rotatable bonds is 4. The third kappa shape index (κ3) is 3.94. The second-order valence-electron chi connectivity index (χ2n) is 4.75. The molecule has 0 spiro atoms. The number of hydrogen-bond acceptors (Lipinski definition) is 4. The zero-order valence-corrected chi connectivity index (χ0v) is 15.3. The molecular weight excluding hydrogens is 454 g/mol. The van der Waals surface area contributed by atoms with E-state index in [0.717, 1.165) is 14.2 Å². The van der Waals surface area contributed by atoms with E-state index in [9.17, 15) is 13.2 Å². The van der Waals surface area contributed by atoms with Gasteiger partial charge in [-0.15, -0.1) is 24.9 Å². The number of alkyl halides is 3. The van der Waals surface area contributed by atoms with Crippen molar-refractivity contribution in [3.05, 3.63) is 34.0 Å². The SMILES string of the molecule is CCSc1cc(I)cnc1-c1nc2cc(OC(F)(F)F)ccc2[nH]1.